The molecule has 3 fully saturated rings. The van der Waals surface area contributed by atoms with E-state index in [1.165, 1.54) is 0 Å². The van der Waals surface area contributed by atoms with Crippen molar-refractivity contribution >= 4 is 32.9 Å². The first-order valence-corrected chi connectivity index (χ1v) is 14.4. The minimum atomic E-state index is -3.21. The second-order valence-corrected chi connectivity index (χ2v) is 12.1. The molecule has 0 aliphatic carbocycles. The molecule has 186 valence electrons. The third-order valence-electron chi connectivity index (χ3n) is 7.49. The van der Waals surface area contributed by atoms with E-state index in [-0.39, 0.29) is 17.6 Å². The number of imidazole rings is 1. The molecule has 1 amide bonds. The molecular formula is C24H36N6O3S. The molecule has 5 heterocycles. The lowest BCUT2D eigenvalue weighted by atomic mass is 9.96. The first-order chi connectivity index (χ1) is 16.4. The van der Waals surface area contributed by atoms with Crippen LogP contribution in [-0.2, 0) is 14.8 Å². The Bertz CT molecular complexity index is 1130. The Balaban J connectivity index is 1.30. The highest BCUT2D eigenvalue weighted by Gasteiger charge is 2.32. The molecule has 5 rings (SSSR count). The Morgan fingerprint density at radius 2 is 1.82 bits per heavy atom. The Morgan fingerprint density at radius 3 is 2.62 bits per heavy atom. The minimum Gasteiger partial charge on any atom is -0.356 e. The molecule has 2 aromatic rings. The highest BCUT2D eigenvalue weighted by molar-refractivity contribution is 7.89. The summed E-state index contributed by atoms with van der Waals surface area (Å²) in [5.41, 5.74) is 1.53. The normalized spacial score (nSPS) is 24.7. The fourth-order valence-corrected chi connectivity index (χ4v) is 7.25. The van der Waals surface area contributed by atoms with Gasteiger partial charge >= 0.3 is 0 Å². The number of aromatic nitrogens is 3. The fourth-order valence-electron chi connectivity index (χ4n) is 5.66. The third-order valence-corrected chi connectivity index (χ3v) is 9.53. The van der Waals surface area contributed by atoms with Crippen LogP contribution in [0.25, 0.3) is 11.2 Å². The molecular weight excluding hydrogens is 452 g/mol. The summed E-state index contributed by atoms with van der Waals surface area (Å²) in [6.45, 7) is 6.36. The third kappa shape index (κ3) is 4.79. The smallest absolute Gasteiger partial charge is 0.227 e. The number of piperidine rings is 2. The fraction of sp³-hybridized carbons (Fsp3) is 0.708. The lowest BCUT2D eigenvalue weighted by Gasteiger charge is -2.34. The van der Waals surface area contributed by atoms with E-state index >= 15 is 0 Å². The molecule has 34 heavy (non-hydrogen) atoms. The number of carbonyl (C=O) groups excluding carboxylic acids is 1. The van der Waals surface area contributed by atoms with Crippen LogP contribution >= 0.6 is 0 Å². The van der Waals surface area contributed by atoms with Gasteiger partial charge in [-0.3, -0.25) is 4.79 Å². The summed E-state index contributed by atoms with van der Waals surface area (Å²) in [6.07, 6.45) is 6.54. The number of rotatable bonds is 6. The monoisotopic (exact) mass is 488 g/mol. The second kappa shape index (κ2) is 9.81. The van der Waals surface area contributed by atoms with Gasteiger partial charge in [0.25, 0.3) is 0 Å². The maximum Gasteiger partial charge on any atom is 0.227 e. The number of likely N-dealkylation sites (tertiary alicyclic amines) is 1. The van der Waals surface area contributed by atoms with E-state index in [9.17, 15) is 13.2 Å². The lowest BCUT2D eigenvalue weighted by Crippen LogP contribution is -2.44. The first kappa shape index (κ1) is 23.5. The molecule has 0 bridgehead atoms. The Hall–Kier alpha value is -2.20. The van der Waals surface area contributed by atoms with Crippen LogP contribution in [0.3, 0.4) is 0 Å². The number of amides is 1. The van der Waals surface area contributed by atoms with Gasteiger partial charge in [0.2, 0.25) is 15.9 Å². The summed E-state index contributed by atoms with van der Waals surface area (Å²) in [5.74, 6) is 2.26. The first-order valence-electron chi connectivity index (χ1n) is 12.8. The van der Waals surface area contributed by atoms with Crippen LogP contribution in [0.1, 0.15) is 63.6 Å². The average molecular weight is 489 g/mol. The Morgan fingerprint density at radius 1 is 1.03 bits per heavy atom. The predicted molar refractivity (Wildman–Crippen MR) is 132 cm³/mol. The van der Waals surface area contributed by atoms with Crippen molar-refractivity contribution < 1.29 is 13.2 Å². The molecule has 2 aromatic heterocycles. The van der Waals surface area contributed by atoms with Crippen LogP contribution in [0.2, 0.25) is 0 Å². The van der Waals surface area contributed by atoms with Gasteiger partial charge in [-0.15, -0.1) is 0 Å². The average Bonchev–Trinajstić information content (AvgIpc) is 3.53. The number of carbonyl (C=O) groups is 1. The number of nitrogens with zero attached hydrogens (tertiary/aromatic N) is 5. The van der Waals surface area contributed by atoms with Crippen molar-refractivity contribution in [3.8, 4) is 0 Å². The molecule has 0 saturated carbocycles. The van der Waals surface area contributed by atoms with E-state index in [4.69, 9.17) is 9.97 Å². The van der Waals surface area contributed by atoms with E-state index < -0.39 is 10.0 Å². The molecule has 9 nitrogen and oxygen atoms in total. The van der Waals surface area contributed by atoms with Crippen molar-refractivity contribution in [3.63, 3.8) is 0 Å². The van der Waals surface area contributed by atoms with Crippen molar-refractivity contribution in [2.45, 2.75) is 57.8 Å². The quantitative estimate of drug-likeness (QED) is 0.671. The van der Waals surface area contributed by atoms with Crippen LogP contribution in [-0.4, -0.2) is 83.5 Å². The molecule has 1 N–H and O–H groups in total. The number of nitrogens with one attached hydrogen (secondary N) is 1. The number of hydrogen-bond acceptors (Lipinski definition) is 6. The van der Waals surface area contributed by atoms with E-state index in [0.29, 0.717) is 37.6 Å². The largest absolute Gasteiger partial charge is 0.356 e. The molecule has 3 aliphatic heterocycles. The second-order valence-electron chi connectivity index (χ2n) is 9.99. The standard InChI is InChI=1S/C24H36N6O3S/c1-2-15-34(32,33)30-14-6-7-18(17-30)22-25-20-9-10-21(26-23(20)27-22)29-13-5-8-19(16-29)24(31)28-11-3-4-12-28/h9-10,18-19H,2-8,11-17H2,1H3,(H,25,26,27)/t18?,19-/m1/s1. The number of pyridine rings is 1. The summed E-state index contributed by atoms with van der Waals surface area (Å²) >= 11 is 0. The van der Waals surface area contributed by atoms with E-state index in [1.54, 1.807) is 4.31 Å². The maximum atomic E-state index is 12.9. The van der Waals surface area contributed by atoms with Gasteiger partial charge in [0, 0.05) is 45.2 Å². The zero-order valence-corrected chi connectivity index (χ0v) is 20.9. The van der Waals surface area contributed by atoms with Crippen molar-refractivity contribution in [1.82, 2.24) is 24.2 Å². The van der Waals surface area contributed by atoms with Gasteiger partial charge in [0.15, 0.2) is 5.65 Å². The van der Waals surface area contributed by atoms with Gasteiger partial charge in [-0.2, -0.15) is 0 Å². The molecule has 0 radical (unpaired) electrons. The SMILES string of the molecule is CCCS(=O)(=O)N1CCCC(c2nc3nc(N4CCC[C@@H](C(=O)N5CCCC5)C4)ccc3[nH]2)C1. The number of sulfonamides is 1. The van der Waals surface area contributed by atoms with Crippen molar-refractivity contribution in [2.24, 2.45) is 5.92 Å². The minimum absolute atomic E-state index is 0.0392. The van der Waals surface area contributed by atoms with Crippen molar-refractivity contribution in [3.05, 3.63) is 18.0 Å². The number of H-pyrrole nitrogens is 1. The summed E-state index contributed by atoms with van der Waals surface area (Å²) < 4.78 is 26.8. The lowest BCUT2D eigenvalue weighted by molar-refractivity contribution is -0.134. The maximum absolute atomic E-state index is 12.9. The molecule has 0 spiro atoms. The van der Waals surface area contributed by atoms with Crippen LogP contribution in [0, 0.1) is 5.92 Å². The van der Waals surface area contributed by atoms with Crippen LogP contribution in [0.4, 0.5) is 5.82 Å². The van der Waals surface area contributed by atoms with E-state index in [0.717, 1.165) is 75.3 Å². The Labute approximate surface area is 202 Å². The highest BCUT2D eigenvalue weighted by atomic mass is 32.2. The van der Waals surface area contributed by atoms with Gasteiger partial charge in [-0.1, -0.05) is 6.92 Å². The topological polar surface area (TPSA) is 102 Å². The highest BCUT2D eigenvalue weighted by Crippen LogP contribution is 2.30. The van der Waals surface area contributed by atoms with Gasteiger partial charge < -0.3 is 14.8 Å². The van der Waals surface area contributed by atoms with Crippen molar-refractivity contribution in [2.75, 3.05) is 49.9 Å². The summed E-state index contributed by atoms with van der Waals surface area (Å²) in [7, 11) is -3.21. The Kier molecular flexibility index (Phi) is 6.79. The molecule has 10 heteroatoms. The number of aromatic amines is 1. The van der Waals surface area contributed by atoms with E-state index in [1.807, 2.05) is 24.0 Å². The van der Waals surface area contributed by atoms with Crippen LogP contribution in [0.5, 0.6) is 0 Å². The van der Waals surface area contributed by atoms with Crippen molar-refractivity contribution in [1.29, 1.82) is 0 Å². The summed E-state index contributed by atoms with van der Waals surface area (Å²) in [5, 5.41) is 0. The molecule has 1 unspecified atom stereocenters. The van der Waals surface area contributed by atoms with Gasteiger partial charge in [-0.05, 0) is 57.1 Å². The summed E-state index contributed by atoms with van der Waals surface area (Å²) in [6, 6.07) is 4.01. The van der Waals surface area contributed by atoms with Gasteiger partial charge in [-0.25, -0.2) is 22.7 Å². The molecule has 3 aliphatic rings. The van der Waals surface area contributed by atoms with E-state index in [2.05, 4.69) is 9.88 Å². The zero-order valence-electron chi connectivity index (χ0n) is 20.1. The zero-order chi connectivity index (χ0) is 23.7. The predicted octanol–water partition coefficient (Wildman–Crippen LogP) is 2.72. The van der Waals surface area contributed by atoms with Crippen LogP contribution < -0.4 is 4.90 Å². The number of hydrogen-bond donors (Lipinski definition) is 1. The summed E-state index contributed by atoms with van der Waals surface area (Å²) in [4.78, 5) is 30.2. The molecule has 3 saturated heterocycles. The van der Waals surface area contributed by atoms with Crippen LogP contribution in [0.15, 0.2) is 12.1 Å². The molecule has 0 aromatic carbocycles. The number of fused-ring (bicyclic) bond motifs is 1. The van der Waals surface area contributed by atoms with Gasteiger partial charge in [0.1, 0.15) is 11.6 Å². The van der Waals surface area contributed by atoms with Gasteiger partial charge in [0.05, 0.1) is 17.2 Å². The number of anilines is 1. The molecule has 2 atom stereocenters.